The maximum Gasteiger partial charge on any atom is 0.141 e. The topological polar surface area (TPSA) is 22.1 Å². The van der Waals surface area contributed by atoms with Crippen molar-refractivity contribution in [2.75, 3.05) is 7.11 Å². The number of hydrogen-bond acceptors (Lipinski definition) is 2. The average Bonchev–Trinajstić information content (AvgIpc) is 2.87. The zero-order valence-electron chi connectivity index (χ0n) is 6.88. The molecule has 0 amide bonds. The smallest absolute Gasteiger partial charge is 0.141 e. The summed E-state index contributed by atoms with van der Waals surface area (Å²) in [7, 11) is 1.69. The first kappa shape index (κ1) is 8.05. The molecule has 64 valence electrons. The van der Waals surface area contributed by atoms with Gasteiger partial charge in [-0.1, -0.05) is 0 Å². The van der Waals surface area contributed by atoms with Gasteiger partial charge in [0.25, 0.3) is 0 Å². The predicted octanol–water partition coefficient (Wildman–Crippen LogP) is 2.73. The second-order valence-electron chi connectivity index (χ2n) is 3.02. The molecule has 0 atom stereocenters. The highest BCUT2D eigenvalue weighted by Gasteiger charge is 2.28. The van der Waals surface area contributed by atoms with Crippen molar-refractivity contribution in [1.29, 1.82) is 0 Å². The Bertz CT molecular complexity index is 297. The van der Waals surface area contributed by atoms with Crippen molar-refractivity contribution in [3.8, 4) is 5.75 Å². The summed E-state index contributed by atoms with van der Waals surface area (Å²) in [6.07, 6.45) is 4.34. The van der Waals surface area contributed by atoms with Gasteiger partial charge in [0.05, 0.1) is 12.8 Å². The van der Waals surface area contributed by atoms with Crippen LogP contribution < -0.4 is 4.74 Å². The molecule has 1 fully saturated rings. The van der Waals surface area contributed by atoms with Crippen molar-refractivity contribution in [3.63, 3.8) is 0 Å². The fourth-order valence-corrected chi connectivity index (χ4v) is 1.57. The number of hydrogen-bond donors (Lipinski definition) is 0. The molecule has 0 N–H and O–H groups in total. The molecule has 3 heteroatoms. The Morgan fingerprint density at radius 2 is 2.33 bits per heavy atom. The van der Waals surface area contributed by atoms with Crippen molar-refractivity contribution in [3.05, 3.63) is 22.4 Å². The van der Waals surface area contributed by atoms with Gasteiger partial charge in [-0.2, -0.15) is 0 Å². The molecule has 1 heterocycles. The lowest BCUT2D eigenvalue weighted by molar-refractivity contribution is 0.406. The second kappa shape index (κ2) is 3.05. The standard InChI is InChI=1S/C9H10BrNO/c1-12-8-4-7(10)5-11-9(8)6-2-3-6/h4-6H,2-3H2,1H3. The summed E-state index contributed by atoms with van der Waals surface area (Å²) >= 11 is 3.36. The van der Waals surface area contributed by atoms with Crippen molar-refractivity contribution < 1.29 is 4.74 Å². The molecule has 0 spiro atoms. The van der Waals surface area contributed by atoms with Gasteiger partial charge in [-0.15, -0.1) is 0 Å². The monoisotopic (exact) mass is 227 g/mol. The van der Waals surface area contributed by atoms with Gasteiger partial charge in [-0.25, -0.2) is 0 Å². The SMILES string of the molecule is COc1cc(Br)cnc1C1CC1. The number of rotatable bonds is 2. The zero-order chi connectivity index (χ0) is 8.55. The van der Waals surface area contributed by atoms with E-state index in [4.69, 9.17) is 4.74 Å². The van der Waals surface area contributed by atoms with E-state index >= 15 is 0 Å². The Balaban J connectivity index is 2.38. The molecular formula is C9H10BrNO. The zero-order valence-corrected chi connectivity index (χ0v) is 8.47. The van der Waals surface area contributed by atoms with E-state index in [9.17, 15) is 0 Å². The average molecular weight is 228 g/mol. The van der Waals surface area contributed by atoms with Crippen LogP contribution in [0.3, 0.4) is 0 Å². The number of nitrogens with zero attached hydrogens (tertiary/aromatic N) is 1. The van der Waals surface area contributed by atoms with E-state index in [0.717, 1.165) is 15.9 Å². The lowest BCUT2D eigenvalue weighted by atomic mass is 10.2. The second-order valence-corrected chi connectivity index (χ2v) is 3.93. The Morgan fingerprint density at radius 1 is 1.58 bits per heavy atom. The lowest BCUT2D eigenvalue weighted by Gasteiger charge is -2.05. The van der Waals surface area contributed by atoms with E-state index in [1.54, 1.807) is 7.11 Å². The van der Waals surface area contributed by atoms with Crippen LogP contribution in [0.4, 0.5) is 0 Å². The van der Waals surface area contributed by atoms with Crippen LogP contribution in [0.2, 0.25) is 0 Å². The third-order valence-corrected chi connectivity index (χ3v) is 2.47. The Kier molecular flexibility index (Phi) is 2.05. The molecule has 2 rings (SSSR count). The van der Waals surface area contributed by atoms with Gasteiger partial charge >= 0.3 is 0 Å². The van der Waals surface area contributed by atoms with Gasteiger partial charge in [-0.3, -0.25) is 4.98 Å². The van der Waals surface area contributed by atoms with E-state index in [1.807, 2.05) is 12.3 Å². The summed E-state index contributed by atoms with van der Waals surface area (Å²) in [6.45, 7) is 0. The van der Waals surface area contributed by atoms with Gasteiger partial charge in [0.1, 0.15) is 5.75 Å². The molecule has 1 saturated carbocycles. The number of halogens is 1. The van der Waals surface area contributed by atoms with Crippen LogP contribution in [0.1, 0.15) is 24.5 Å². The molecule has 0 aromatic carbocycles. The fourth-order valence-electron chi connectivity index (χ4n) is 1.26. The van der Waals surface area contributed by atoms with Crippen LogP contribution in [0, 0.1) is 0 Å². The first-order chi connectivity index (χ1) is 5.81. The van der Waals surface area contributed by atoms with Crippen LogP contribution in [0.5, 0.6) is 5.75 Å². The number of aromatic nitrogens is 1. The molecule has 0 bridgehead atoms. The number of methoxy groups -OCH3 is 1. The van der Waals surface area contributed by atoms with Gasteiger partial charge in [0.15, 0.2) is 0 Å². The van der Waals surface area contributed by atoms with Crippen LogP contribution in [-0.4, -0.2) is 12.1 Å². The first-order valence-electron chi connectivity index (χ1n) is 4.00. The van der Waals surface area contributed by atoms with Crippen molar-refractivity contribution in [1.82, 2.24) is 4.98 Å². The summed E-state index contributed by atoms with van der Waals surface area (Å²) < 4.78 is 6.21. The van der Waals surface area contributed by atoms with Crippen molar-refractivity contribution in [2.45, 2.75) is 18.8 Å². The van der Waals surface area contributed by atoms with E-state index in [0.29, 0.717) is 5.92 Å². The van der Waals surface area contributed by atoms with E-state index < -0.39 is 0 Å². The molecule has 1 aromatic rings. The Morgan fingerprint density at radius 3 is 2.92 bits per heavy atom. The highest BCUT2D eigenvalue weighted by Crippen LogP contribution is 2.43. The first-order valence-corrected chi connectivity index (χ1v) is 4.80. The van der Waals surface area contributed by atoms with Crippen LogP contribution >= 0.6 is 15.9 Å². The number of pyridine rings is 1. The molecular weight excluding hydrogens is 218 g/mol. The predicted molar refractivity (Wildman–Crippen MR) is 50.5 cm³/mol. The summed E-state index contributed by atoms with van der Waals surface area (Å²) in [6, 6.07) is 1.97. The minimum atomic E-state index is 0.646. The van der Waals surface area contributed by atoms with Gasteiger partial charge in [0.2, 0.25) is 0 Å². The molecule has 0 unspecified atom stereocenters. The Labute approximate surface area is 80.1 Å². The molecule has 12 heavy (non-hydrogen) atoms. The molecule has 1 aliphatic rings. The lowest BCUT2D eigenvalue weighted by Crippen LogP contribution is -1.93. The van der Waals surface area contributed by atoms with E-state index in [-0.39, 0.29) is 0 Å². The van der Waals surface area contributed by atoms with Crippen LogP contribution in [0.15, 0.2) is 16.7 Å². The maximum atomic E-state index is 5.23. The minimum Gasteiger partial charge on any atom is -0.495 e. The van der Waals surface area contributed by atoms with Gasteiger partial charge in [0, 0.05) is 16.6 Å². The largest absolute Gasteiger partial charge is 0.495 e. The van der Waals surface area contributed by atoms with E-state index in [2.05, 4.69) is 20.9 Å². The maximum absolute atomic E-state index is 5.23. The summed E-state index contributed by atoms with van der Waals surface area (Å²) in [4.78, 5) is 4.34. The molecule has 0 radical (unpaired) electrons. The summed E-state index contributed by atoms with van der Waals surface area (Å²) in [5.41, 5.74) is 1.11. The molecule has 1 aromatic heterocycles. The van der Waals surface area contributed by atoms with Crippen molar-refractivity contribution >= 4 is 15.9 Å². The quantitative estimate of drug-likeness (QED) is 0.776. The highest BCUT2D eigenvalue weighted by atomic mass is 79.9. The van der Waals surface area contributed by atoms with Gasteiger partial charge < -0.3 is 4.74 Å². The van der Waals surface area contributed by atoms with E-state index in [1.165, 1.54) is 12.8 Å². The molecule has 2 nitrogen and oxygen atoms in total. The summed E-state index contributed by atoms with van der Waals surface area (Å²) in [5, 5.41) is 0. The Hall–Kier alpha value is -0.570. The molecule has 0 aliphatic heterocycles. The van der Waals surface area contributed by atoms with Crippen LogP contribution in [-0.2, 0) is 0 Å². The van der Waals surface area contributed by atoms with Crippen LogP contribution in [0.25, 0.3) is 0 Å². The van der Waals surface area contributed by atoms with Gasteiger partial charge in [-0.05, 0) is 34.8 Å². The summed E-state index contributed by atoms with van der Waals surface area (Å²) in [5.74, 6) is 1.56. The van der Waals surface area contributed by atoms with Crippen molar-refractivity contribution in [2.24, 2.45) is 0 Å². The number of ether oxygens (including phenoxy) is 1. The normalized spacial score (nSPS) is 16.2. The third kappa shape index (κ3) is 1.46. The fraction of sp³-hybridized carbons (Fsp3) is 0.444. The molecule has 1 aliphatic carbocycles. The highest BCUT2D eigenvalue weighted by molar-refractivity contribution is 9.10. The third-order valence-electron chi connectivity index (χ3n) is 2.03. The molecule has 0 saturated heterocycles. The minimum absolute atomic E-state index is 0.646.